The van der Waals surface area contributed by atoms with E-state index >= 15 is 0 Å². The van der Waals surface area contributed by atoms with E-state index in [1.807, 2.05) is 0 Å². The Morgan fingerprint density at radius 3 is 2.79 bits per heavy atom. The fraction of sp³-hybridized carbons (Fsp3) is 0.438. The van der Waals surface area contributed by atoms with Crippen LogP contribution in [-0.4, -0.2) is 40.6 Å². The van der Waals surface area contributed by atoms with Gasteiger partial charge in [0.05, 0.1) is 30.1 Å². The van der Waals surface area contributed by atoms with Crippen LogP contribution in [0.5, 0.6) is 0 Å². The Hall–Kier alpha value is -2.35. The van der Waals surface area contributed by atoms with E-state index in [1.165, 1.54) is 12.3 Å². The summed E-state index contributed by atoms with van der Waals surface area (Å²) in [5.74, 6) is -2.52. The van der Waals surface area contributed by atoms with Crippen molar-refractivity contribution in [2.24, 2.45) is 0 Å². The molecule has 3 rings (SSSR count). The van der Waals surface area contributed by atoms with Crippen LogP contribution in [0.25, 0.3) is 11.3 Å². The maximum atomic E-state index is 14.2. The van der Waals surface area contributed by atoms with Crippen molar-refractivity contribution in [3.8, 4) is 11.3 Å². The Bertz CT molecular complexity index is 742. The standard InChI is InChI=1S/C16H17F2N3O3/c1-2-24-16(22)12-9-19-21(10-5-7-23-8-6-10)14(12)11-3-4-13(17)20-15(11)18/h3-4,9-10H,2,5-8H2,1H3. The summed E-state index contributed by atoms with van der Waals surface area (Å²) < 4.78 is 39.3. The molecule has 0 radical (unpaired) electrons. The highest BCUT2D eigenvalue weighted by Crippen LogP contribution is 2.32. The number of hydrogen-bond donors (Lipinski definition) is 0. The van der Waals surface area contributed by atoms with Crippen molar-refractivity contribution in [2.45, 2.75) is 25.8 Å². The molecule has 8 heteroatoms. The van der Waals surface area contributed by atoms with Gasteiger partial charge < -0.3 is 9.47 Å². The molecule has 0 saturated carbocycles. The summed E-state index contributed by atoms with van der Waals surface area (Å²) in [6, 6.07) is 2.27. The van der Waals surface area contributed by atoms with Crippen LogP contribution in [0.4, 0.5) is 8.78 Å². The predicted octanol–water partition coefficient (Wildman–Crippen LogP) is 2.75. The lowest BCUT2D eigenvalue weighted by Crippen LogP contribution is -2.21. The maximum Gasteiger partial charge on any atom is 0.341 e. The monoisotopic (exact) mass is 337 g/mol. The van der Waals surface area contributed by atoms with Crippen LogP contribution in [0.2, 0.25) is 0 Å². The molecule has 1 fully saturated rings. The highest BCUT2D eigenvalue weighted by atomic mass is 19.1. The minimum absolute atomic E-state index is 0.0171. The van der Waals surface area contributed by atoms with E-state index in [4.69, 9.17) is 9.47 Å². The van der Waals surface area contributed by atoms with Gasteiger partial charge >= 0.3 is 5.97 Å². The number of aromatic nitrogens is 3. The van der Waals surface area contributed by atoms with E-state index < -0.39 is 17.9 Å². The zero-order valence-corrected chi connectivity index (χ0v) is 13.2. The Balaban J connectivity index is 2.11. The largest absolute Gasteiger partial charge is 0.462 e. The fourth-order valence-electron chi connectivity index (χ4n) is 2.78. The number of carbonyl (C=O) groups excluding carboxylic acids is 1. The van der Waals surface area contributed by atoms with Gasteiger partial charge in [-0.3, -0.25) is 4.68 Å². The summed E-state index contributed by atoms with van der Waals surface area (Å²) >= 11 is 0. The molecular weight excluding hydrogens is 320 g/mol. The van der Waals surface area contributed by atoms with Crippen LogP contribution in [0.3, 0.4) is 0 Å². The third kappa shape index (κ3) is 3.14. The zero-order valence-electron chi connectivity index (χ0n) is 13.2. The van der Waals surface area contributed by atoms with E-state index in [0.29, 0.717) is 26.1 Å². The number of hydrogen-bond acceptors (Lipinski definition) is 5. The lowest BCUT2D eigenvalue weighted by Gasteiger charge is -2.24. The van der Waals surface area contributed by atoms with Crippen molar-refractivity contribution in [2.75, 3.05) is 19.8 Å². The summed E-state index contributed by atoms with van der Waals surface area (Å²) in [6.45, 7) is 2.98. The number of esters is 1. The molecule has 0 unspecified atom stereocenters. The smallest absolute Gasteiger partial charge is 0.341 e. The first-order valence-corrected chi connectivity index (χ1v) is 7.76. The van der Waals surface area contributed by atoms with E-state index in [9.17, 15) is 13.6 Å². The molecule has 0 spiro atoms. The fourth-order valence-corrected chi connectivity index (χ4v) is 2.78. The normalized spacial score (nSPS) is 15.5. The summed E-state index contributed by atoms with van der Waals surface area (Å²) in [5.41, 5.74) is 0.407. The van der Waals surface area contributed by atoms with E-state index in [0.717, 1.165) is 6.07 Å². The second-order valence-electron chi connectivity index (χ2n) is 5.39. The Morgan fingerprint density at radius 2 is 2.12 bits per heavy atom. The Labute approximate surface area is 137 Å². The number of carbonyl (C=O) groups is 1. The molecule has 2 aromatic heterocycles. The van der Waals surface area contributed by atoms with Gasteiger partial charge in [-0.25, -0.2) is 4.79 Å². The molecule has 0 aromatic carbocycles. The molecule has 0 amide bonds. The molecule has 24 heavy (non-hydrogen) atoms. The molecule has 1 aliphatic rings. The second-order valence-corrected chi connectivity index (χ2v) is 5.39. The lowest BCUT2D eigenvalue weighted by atomic mass is 10.1. The highest BCUT2D eigenvalue weighted by Gasteiger charge is 2.27. The molecular formula is C16H17F2N3O3. The molecule has 0 atom stereocenters. The molecule has 0 bridgehead atoms. The molecule has 0 N–H and O–H groups in total. The van der Waals surface area contributed by atoms with Crippen LogP contribution in [-0.2, 0) is 9.47 Å². The van der Waals surface area contributed by atoms with Gasteiger partial charge in [0.25, 0.3) is 0 Å². The van der Waals surface area contributed by atoms with Gasteiger partial charge in [0.2, 0.25) is 11.9 Å². The third-order valence-electron chi connectivity index (χ3n) is 3.90. The van der Waals surface area contributed by atoms with Gasteiger partial charge in [-0.1, -0.05) is 0 Å². The molecule has 128 valence electrons. The van der Waals surface area contributed by atoms with Crippen molar-refractivity contribution >= 4 is 5.97 Å². The molecule has 2 aromatic rings. The first-order valence-electron chi connectivity index (χ1n) is 7.76. The van der Waals surface area contributed by atoms with Gasteiger partial charge in [0, 0.05) is 13.2 Å². The van der Waals surface area contributed by atoms with Crippen LogP contribution in [0.15, 0.2) is 18.3 Å². The Kier molecular flexibility index (Phi) is 4.84. The van der Waals surface area contributed by atoms with Crippen molar-refractivity contribution in [1.29, 1.82) is 0 Å². The summed E-state index contributed by atoms with van der Waals surface area (Å²) in [7, 11) is 0. The SMILES string of the molecule is CCOC(=O)c1cnn(C2CCOCC2)c1-c1ccc(F)nc1F. The average molecular weight is 337 g/mol. The lowest BCUT2D eigenvalue weighted by molar-refractivity contribution is 0.0526. The van der Waals surface area contributed by atoms with E-state index in [2.05, 4.69) is 10.1 Å². The van der Waals surface area contributed by atoms with Crippen LogP contribution >= 0.6 is 0 Å². The number of halogens is 2. The number of pyridine rings is 1. The molecule has 0 aliphatic carbocycles. The minimum atomic E-state index is -0.991. The summed E-state index contributed by atoms with van der Waals surface area (Å²) in [4.78, 5) is 15.4. The number of rotatable bonds is 4. The van der Waals surface area contributed by atoms with Gasteiger partial charge in [0.15, 0.2) is 0 Å². The van der Waals surface area contributed by atoms with Crippen LogP contribution < -0.4 is 0 Å². The van der Waals surface area contributed by atoms with Gasteiger partial charge in [0.1, 0.15) is 5.56 Å². The quantitative estimate of drug-likeness (QED) is 0.634. The summed E-state index contributed by atoms with van der Waals surface area (Å²) in [5, 5.41) is 4.26. The molecule has 3 heterocycles. The zero-order chi connectivity index (χ0) is 17.1. The predicted molar refractivity (Wildman–Crippen MR) is 80.4 cm³/mol. The first-order chi connectivity index (χ1) is 11.6. The van der Waals surface area contributed by atoms with Gasteiger partial charge in [-0.05, 0) is 31.9 Å². The van der Waals surface area contributed by atoms with Gasteiger partial charge in [-0.15, -0.1) is 0 Å². The highest BCUT2D eigenvalue weighted by molar-refractivity contribution is 5.96. The van der Waals surface area contributed by atoms with E-state index in [-0.39, 0.29) is 29.5 Å². The van der Waals surface area contributed by atoms with Crippen molar-refractivity contribution in [1.82, 2.24) is 14.8 Å². The van der Waals surface area contributed by atoms with Crippen LogP contribution in [0, 0.1) is 11.9 Å². The number of ether oxygens (including phenoxy) is 2. The average Bonchev–Trinajstić information content (AvgIpc) is 3.01. The maximum absolute atomic E-state index is 14.2. The third-order valence-corrected chi connectivity index (χ3v) is 3.90. The topological polar surface area (TPSA) is 66.2 Å². The van der Waals surface area contributed by atoms with E-state index in [1.54, 1.807) is 11.6 Å². The first kappa shape index (κ1) is 16.5. The van der Waals surface area contributed by atoms with Gasteiger partial charge in [-0.2, -0.15) is 18.9 Å². The summed E-state index contributed by atoms with van der Waals surface area (Å²) in [6.07, 6.45) is 2.73. The van der Waals surface area contributed by atoms with Crippen molar-refractivity contribution in [3.63, 3.8) is 0 Å². The number of nitrogens with zero attached hydrogens (tertiary/aromatic N) is 3. The molecule has 6 nitrogen and oxygen atoms in total. The van der Waals surface area contributed by atoms with Crippen molar-refractivity contribution < 1.29 is 23.0 Å². The second kappa shape index (κ2) is 7.04. The molecule has 1 saturated heterocycles. The van der Waals surface area contributed by atoms with Crippen molar-refractivity contribution in [3.05, 3.63) is 35.8 Å². The van der Waals surface area contributed by atoms with Crippen LogP contribution in [0.1, 0.15) is 36.2 Å². The molecule has 1 aliphatic heterocycles. The Morgan fingerprint density at radius 1 is 1.38 bits per heavy atom. The minimum Gasteiger partial charge on any atom is -0.462 e.